The maximum atomic E-state index is 12.9. The third kappa shape index (κ3) is 4.73. The molecule has 4 aromatic rings. The highest BCUT2D eigenvalue weighted by Gasteiger charge is 2.17. The highest BCUT2D eigenvalue weighted by molar-refractivity contribution is 5.96. The Balaban J connectivity index is 0.000000668. The Kier molecular flexibility index (Phi) is 6.80. The van der Waals surface area contributed by atoms with Crippen molar-refractivity contribution < 1.29 is 24.2 Å². The summed E-state index contributed by atoms with van der Waals surface area (Å²) < 4.78 is 7.93. The zero-order valence-corrected chi connectivity index (χ0v) is 17.1. The van der Waals surface area contributed by atoms with E-state index in [1.54, 1.807) is 36.5 Å². The molecule has 166 valence electrons. The van der Waals surface area contributed by atoms with Gasteiger partial charge in [-0.1, -0.05) is 6.07 Å². The lowest BCUT2D eigenvalue weighted by atomic mass is 10.2. The maximum Gasteiger partial charge on any atom is 0.300 e. The van der Waals surface area contributed by atoms with Crippen LogP contribution in [0.25, 0.3) is 16.7 Å². The van der Waals surface area contributed by atoms with Gasteiger partial charge in [-0.05, 0) is 30.3 Å². The molecule has 11 nitrogen and oxygen atoms in total. The fraction of sp³-hybridized carbons (Fsp3) is 0.190. The number of carboxylic acid groups (broad SMARTS) is 1. The zero-order valence-electron chi connectivity index (χ0n) is 17.1. The van der Waals surface area contributed by atoms with Gasteiger partial charge in [0, 0.05) is 19.7 Å². The molecular weight excluding hydrogens is 418 g/mol. The number of aliphatic hydroxyl groups is 1. The highest BCUT2D eigenvalue weighted by atomic mass is 16.4. The van der Waals surface area contributed by atoms with Gasteiger partial charge in [-0.15, -0.1) is 0 Å². The Labute approximate surface area is 180 Å². The van der Waals surface area contributed by atoms with Gasteiger partial charge in [0.2, 0.25) is 0 Å². The lowest BCUT2D eigenvalue weighted by molar-refractivity contribution is -0.134. The Morgan fingerprint density at radius 1 is 1.25 bits per heavy atom. The number of carbonyl (C=O) groups is 2. The molecule has 0 aliphatic carbocycles. The molecule has 4 rings (SSSR count). The average molecular weight is 439 g/mol. The molecule has 0 fully saturated rings. The summed E-state index contributed by atoms with van der Waals surface area (Å²) in [7, 11) is 0. The molecule has 0 bridgehead atoms. The van der Waals surface area contributed by atoms with Crippen molar-refractivity contribution in [3.8, 4) is 0 Å². The number of carbonyl (C=O) groups excluding carboxylic acids is 1. The van der Waals surface area contributed by atoms with Crippen LogP contribution in [0.5, 0.6) is 0 Å². The van der Waals surface area contributed by atoms with Crippen LogP contribution in [0.3, 0.4) is 0 Å². The molecular formula is C21H21N5O6. The van der Waals surface area contributed by atoms with Crippen LogP contribution in [0.15, 0.2) is 58.1 Å². The van der Waals surface area contributed by atoms with Gasteiger partial charge in [-0.25, -0.2) is 4.98 Å². The predicted octanol–water partition coefficient (Wildman–Crippen LogP) is 0.735. The second kappa shape index (κ2) is 9.71. The van der Waals surface area contributed by atoms with E-state index < -0.39 is 11.9 Å². The number of hydrogen-bond donors (Lipinski definition) is 4. The largest absolute Gasteiger partial charge is 0.481 e. The fourth-order valence-electron chi connectivity index (χ4n) is 3.05. The summed E-state index contributed by atoms with van der Waals surface area (Å²) in [4.78, 5) is 39.0. The van der Waals surface area contributed by atoms with Crippen LogP contribution in [0.4, 0.5) is 0 Å². The van der Waals surface area contributed by atoms with Gasteiger partial charge in [0.05, 0.1) is 30.4 Å². The summed E-state index contributed by atoms with van der Waals surface area (Å²) in [6.07, 6.45) is 3.09. The van der Waals surface area contributed by atoms with Crippen molar-refractivity contribution in [3.05, 3.63) is 76.0 Å². The molecule has 11 heteroatoms. The first-order chi connectivity index (χ1) is 15.3. The lowest BCUT2D eigenvalue weighted by Crippen LogP contribution is -2.35. The standard InChI is InChI=1S/C19H17N5O4.C2H4O2/c20-16-13(18(26)21-11-12-4-3-9-28-12)10-14-17(24(16)7-8-25)22-15-5-1-2-6-23(15)19(14)27;1-2(3)4/h1-6,9-10,20,25H,7-8,11H2,(H,21,26);1H3,(H,3,4). The van der Waals surface area contributed by atoms with Crippen LogP contribution < -0.4 is 16.4 Å². The van der Waals surface area contributed by atoms with E-state index in [1.807, 2.05) is 0 Å². The van der Waals surface area contributed by atoms with Crippen LogP contribution in [-0.2, 0) is 17.9 Å². The van der Waals surface area contributed by atoms with E-state index in [2.05, 4.69) is 10.3 Å². The molecule has 0 radical (unpaired) electrons. The minimum Gasteiger partial charge on any atom is -0.481 e. The normalized spacial score (nSPS) is 10.6. The summed E-state index contributed by atoms with van der Waals surface area (Å²) in [6, 6.07) is 9.94. The molecule has 4 N–H and O–H groups in total. The Bertz CT molecular complexity index is 1380. The van der Waals surface area contributed by atoms with Crippen molar-refractivity contribution in [2.75, 3.05) is 6.61 Å². The number of pyridine rings is 2. The van der Waals surface area contributed by atoms with Crippen molar-refractivity contribution in [3.63, 3.8) is 0 Å². The van der Waals surface area contributed by atoms with E-state index in [-0.39, 0.29) is 47.3 Å². The van der Waals surface area contributed by atoms with Crippen molar-refractivity contribution in [1.82, 2.24) is 19.3 Å². The van der Waals surface area contributed by atoms with Gasteiger partial charge in [-0.2, -0.15) is 0 Å². The third-order valence-corrected chi connectivity index (χ3v) is 4.39. The van der Waals surface area contributed by atoms with Crippen LogP contribution in [0.1, 0.15) is 23.0 Å². The van der Waals surface area contributed by atoms with Crippen LogP contribution >= 0.6 is 0 Å². The summed E-state index contributed by atoms with van der Waals surface area (Å²) in [5.41, 5.74) is 0.194. The quantitative estimate of drug-likeness (QED) is 0.333. The first-order valence-electron chi connectivity index (χ1n) is 9.54. The van der Waals surface area contributed by atoms with Gasteiger partial charge in [0.15, 0.2) is 0 Å². The average Bonchev–Trinajstić information content (AvgIpc) is 3.28. The Morgan fingerprint density at radius 2 is 2.00 bits per heavy atom. The maximum absolute atomic E-state index is 12.9. The molecule has 0 aromatic carbocycles. The molecule has 0 saturated heterocycles. The van der Waals surface area contributed by atoms with Crippen molar-refractivity contribution in [1.29, 1.82) is 5.41 Å². The fourth-order valence-corrected chi connectivity index (χ4v) is 3.05. The smallest absolute Gasteiger partial charge is 0.300 e. The Hall–Kier alpha value is -4.25. The number of rotatable bonds is 5. The van der Waals surface area contributed by atoms with Gasteiger partial charge in [0.1, 0.15) is 22.5 Å². The predicted molar refractivity (Wildman–Crippen MR) is 113 cm³/mol. The van der Waals surface area contributed by atoms with E-state index in [9.17, 15) is 14.7 Å². The number of nitrogens with zero attached hydrogens (tertiary/aromatic N) is 3. The summed E-state index contributed by atoms with van der Waals surface area (Å²) in [6.45, 7) is 1.00. The van der Waals surface area contributed by atoms with E-state index in [1.165, 1.54) is 21.3 Å². The number of aliphatic hydroxyl groups excluding tert-OH is 1. The van der Waals surface area contributed by atoms with Crippen LogP contribution in [0, 0.1) is 5.41 Å². The van der Waals surface area contributed by atoms with E-state index in [0.29, 0.717) is 11.4 Å². The number of hydrogen-bond acceptors (Lipinski definition) is 7. The summed E-state index contributed by atoms with van der Waals surface area (Å²) in [5, 5.41) is 28.1. The summed E-state index contributed by atoms with van der Waals surface area (Å²) in [5.74, 6) is -0.788. The minimum atomic E-state index is -0.833. The van der Waals surface area contributed by atoms with Crippen molar-refractivity contribution in [2.45, 2.75) is 20.0 Å². The monoisotopic (exact) mass is 439 g/mol. The second-order valence-electron chi connectivity index (χ2n) is 6.65. The molecule has 0 atom stereocenters. The van der Waals surface area contributed by atoms with Gasteiger partial charge < -0.3 is 24.5 Å². The van der Waals surface area contributed by atoms with E-state index in [0.717, 1.165) is 6.92 Å². The Morgan fingerprint density at radius 3 is 2.66 bits per heavy atom. The number of nitrogens with one attached hydrogen (secondary N) is 2. The first kappa shape index (κ1) is 22.4. The van der Waals surface area contributed by atoms with Gasteiger partial charge in [-0.3, -0.25) is 24.2 Å². The third-order valence-electron chi connectivity index (χ3n) is 4.39. The molecule has 0 saturated carbocycles. The molecule has 0 aliphatic heterocycles. The molecule has 1 amide bonds. The number of aromatic nitrogens is 3. The number of amides is 1. The highest BCUT2D eigenvalue weighted by Crippen LogP contribution is 2.10. The molecule has 0 spiro atoms. The van der Waals surface area contributed by atoms with Gasteiger partial charge in [0.25, 0.3) is 17.4 Å². The van der Waals surface area contributed by atoms with Crippen molar-refractivity contribution in [2.24, 2.45) is 0 Å². The van der Waals surface area contributed by atoms with E-state index >= 15 is 0 Å². The van der Waals surface area contributed by atoms with Crippen LogP contribution in [-0.4, -0.2) is 42.6 Å². The number of aliphatic carboxylic acids is 1. The van der Waals surface area contributed by atoms with Crippen molar-refractivity contribution >= 4 is 28.6 Å². The molecule has 4 heterocycles. The first-order valence-corrected chi connectivity index (χ1v) is 9.54. The topological polar surface area (TPSA) is 163 Å². The SMILES string of the molecule is CC(=O)O.N=c1c(C(=O)NCc2ccco2)cc2c(=O)n3ccccc3nc2n1CCO. The number of fused-ring (bicyclic) bond motifs is 2. The minimum absolute atomic E-state index is 0.0160. The number of carboxylic acids is 1. The number of furan rings is 1. The molecule has 0 unspecified atom stereocenters. The zero-order chi connectivity index (χ0) is 23.3. The summed E-state index contributed by atoms with van der Waals surface area (Å²) >= 11 is 0. The lowest BCUT2D eigenvalue weighted by Gasteiger charge is -2.13. The van der Waals surface area contributed by atoms with Gasteiger partial charge >= 0.3 is 0 Å². The van der Waals surface area contributed by atoms with Crippen LogP contribution in [0.2, 0.25) is 0 Å². The molecule has 32 heavy (non-hydrogen) atoms. The molecule has 0 aliphatic rings. The molecule has 4 aromatic heterocycles. The second-order valence-corrected chi connectivity index (χ2v) is 6.65. The van der Waals surface area contributed by atoms with E-state index in [4.69, 9.17) is 19.7 Å².